The lowest BCUT2D eigenvalue weighted by Crippen LogP contribution is -2.16. The van der Waals surface area contributed by atoms with Gasteiger partial charge in [-0.1, -0.05) is 23.4 Å². The predicted octanol–water partition coefficient (Wildman–Crippen LogP) is 1.37. The van der Waals surface area contributed by atoms with Crippen molar-refractivity contribution in [3.63, 3.8) is 0 Å². The molecule has 0 radical (unpaired) electrons. The molecule has 0 saturated heterocycles. The number of aromatic nitrogens is 1. The van der Waals surface area contributed by atoms with E-state index in [1.807, 2.05) is 0 Å². The number of para-hydroxylation sites is 1. The average molecular weight is 218 g/mol. The SMILES string of the molecule is CC(=O)c1c/c(=N\O)c2ccccc2n1O. The standard InChI is InChI=1S/C11H10N2O3/c1-7(14)11-6-9(12-15)8-4-2-3-5-10(8)13(11)16/h2-6,15-16H,1H3/b12-9+. The highest BCUT2D eigenvalue weighted by atomic mass is 16.5. The van der Waals surface area contributed by atoms with Gasteiger partial charge in [-0.05, 0) is 12.1 Å². The van der Waals surface area contributed by atoms with E-state index in [0.29, 0.717) is 10.9 Å². The first-order valence-corrected chi connectivity index (χ1v) is 4.68. The molecule has 2 N–H and O–H groups in total. The maximum Gasteiger partial charge on any atom is 0.179 e. The van der Waals surface area contributed by atoms with Crippen molar-refractivity contribution in [2.45, 2.75) is 6.92 Å². The molecule has 0 aliphatic carbocycles. The molecule has 0 unspecified atom stereocenters. The number of hydrogen-bond donors (Lipinski definition) is 2. The fourth-order valence-electron chi connectivity index (χ4n) is 1.61. The highest BCUT2D eigenvalue weighted by molar-refractivity contribution is 5.95. The van der Waals surface area contributed by atoms with E-state index in [1.165, 1.54) is 13.0 Å². The van der Waals surface area contributed by atoms with E-state index in [2.05, 4.69) is 5.16 Å². The van der Waals surface area contributed by atoms with Gasteiger partial charge in [0.1, 0.15) is 11.1 Å². The Balaban J connectivity index is 3.01. The van der Waals surface area contributed by atoms with Gasteiger partial charge in [0.2, 0.25) is 0 Å². The topological polar surface area (TPSA) is 74.8 Å². The number of nitrogens with zero attached hydrogens (tertiary/aromatic N) is 2. The first-order valence-electron chi connectivity index (χ1n) is 4.68. The molecule has 1 aromatic heterocycles. The van der Waals surface area contributed by atoms with Crippen LogP contribution in [0.1, 0.15) is 17.4 Å². The summed E-state index contributed by atoms with van der Waals surface area (Å²) in [4.78, 5) is 11.3. The zero-order valence-corrected chi connectivity index (χ0v) is 8.58. The Bertz CT molecular complexity index is 629. The highest BCUT2D eigenvalue weighted by Crippen LogP contribution is 2.11. The Labute approximate surface area is 90.8 Å². The molecule has 0 aliphatic heterocycles. The van der Waals surface area contributed by atoms with Crippen LogP contribution in [0, 0.1) is 0 Å². The summed E-state index contributed by atoms with van der Waals surface area (Å²) in [6.45, 7) is 1.33. The summed E-state index contributed by atoms with van der Waals surface area (Å²) in [5.41, 5.74) is 0.495. The van der Waals surface area contributed by atoms with Crippen molar-refractivity contribution in [2.24, 2.45) is 5.16 Å². The minimum absolute atomic E-state index is 0.0755. The molecule has 0 atom stereocenters. The smallest absolute Gasteiger partial charge is 0.179 e. The molecule has 2 rings (SSSR count). The van der Waals surface area contributed by atoms with Gasteiger partial charge >= 0.3 is 0 Å². The quantitative estimate of drug-likeness (QED) is 0.328. The van der Waals surface area contributed by atoms with Crippen LogP contribution < -0.4 is 5.36 Å². The Hall–Kier alpha value is -2.30. The number of Topliss-reactive ketones (excluding diaryl/α,β-unsaturated/α-hetero) is 1. The van der Waals surface area contributed by atoms with Crippen LogP contribution in [0.3, 0.4) is 0 Å². The van der Waals surface area contributed by atoms with E-state index in [0.717, 1.165) is 4.73 Å². The van der Waals surface area contributed by atoms with Crippen molar-refractivity contribution in [1.82, 2.24) is 4.73 Å². The van der Waals surface area contributed by atoms with Crippen molar-refractivity contribution in [3.8, 4) is 0 Å². The lowest BCUT2D eigenvalue weighted by Gasteiger charge is -2.08. The van der Waals surface area contributed by atoms with Gasteiger partial charge in [-0.15, -0.1) is 0 Å². The van der Waals surface area contributed by atoms with Crippen LogP contribution in [0.15, 0.2) is 35.5 Å². The van der Waals surface area contributed by atoms with E-state index < -0.39 is 0 Å². The second-order valence-electron chi connectivity index (χ2n) is 3.40. The molecular formula is C11H10N2O3. The number of carbonyl (C=O) groups excluding carboxylic acids is 1. The largest absolute Gasteiger partial charge is 0.428 e. The van der Waals surface area contributed by atoms with Gasteiger partial charge in [0.25, 0.3) is 0 Å². The van der Waals surface area contributed by atoms with Crippen molar-refractivity contribution < 1.29 is 15.2 Å². The summed E-state index contributed by atoms with van der Waals surface area (Å²) >= 11 is 0. The third-order valence-electron chi connectivity index (χ3n) is 2.38. The van der Waals surface area contributed by atoms with Gasteiger partial charge in [0.05, 0.1) is 5.52 Å². The van der Waals surface area contributed by atoms with Crippen molar-refractivity contribution in [1.29, 1.82) is 0 Å². The molecule has 0 saturated carbocycles. The van der Waals surface area contributed by atoms with E-state index in [1.54, 1.807) is 24.3 Å². The fraction of sp³-hybridized carbons (Fsp3) is 0.0909. The second kappa shape index (κ2) is 3.69. The minimum atomic E-state index is -0.307. The number of pyridine rings is 1. The lowest BCUT2D eigenvalue weighted by molar-refractivity contribution is 0.0967. The van der Waals surface area contributed by atoms with Crippen molar-refractivity contribution in [3.05, 3.63) is 41.4 Å². The number of ketones is 1. The molecular weight excluding hydrogens is 208 g/mol. The average Bonchev–Trinajstić information content (AvgIpc) is 2.29. The van der Waals surface area contributed by atoms with Gasteiger partial charge in [-0.2, -0.15) is 4.73 Å². The molecule has 0 spiro atoms. The van der Waals surface area contributed by atoms with E-state index >= 15 is 0 Å². The molecule has 0 aliphatic rings. The summed E-state index contributed by atoms with van der Waals surface area (Å²) in [5, 5.41) is 22.6. The second-order valence-corrected chi connectivity index (χ2v) is 3.40. The molecule has 82 valence electrons. The summed E-state index contributed by atoms with van der Waals surface area (Å²) in [5.74, 6) is -0.307. The van der Waals surface area contributed by atoms with Crippen LogP contribution in [0.25, 0.3) is 10.9 Å². The summed E-state index contributed by atoms with van der Waals surface area (Å²) < 4.78 is 0.798. The third kappa shape index (κ3) is 1.42. The van der Waals surface area contributed by atoms with Gasteiger partial charge in [0.15, 0.2) is 5.78 Å². The minimum Gasteiger partial charge on any atom is -0.428 e. The molecule has 5 heteroatoms. The van der Waals surface area contributed by atoms with Crippen LogP contribution in [0.4, 0.5) is 0 Å². The molecule has 1 aromatic carbocycles. The van der Waals surface area contributed by atoms with Gasteiger partial charge in [0, 0.05) is 12.3 Å². The molecule has 2 aromatic rings. The first-order chi connectivity index (χ1) is 7.65. The van der Waals surface area contributed by atoms with Gasteiger partial charge in [-0.3, -0.25) is 4.79 Å². The monoisotopic (exact) mass is 218 g/mol. The normalized spacial score (nSPS) is 11.9. The van der Waals surface area contributed by atoms with Gasteiger partial charge < -0.3 is 10.4 Å². The zero-order chi connectivity index (χ0) is 11.7. The Morgan fingerprint density at radius 3 is 2.69 bits per heavy atom. The maximum atomic E-state index is 11.3. The van der Waals surface area contributed by atoms with Crippen LogP contribution in [0.5, 0.6) is 0 Å². The first kappa shape index (κ1) is 10.2. The zero-order valence-electron chi connectivity index (χ0n) is 8.58. The Morgan fingerprint density at radius 2 is 2.06 bits per heavy atom. The van der Waals surface area contributed by atoms with Crippen molar-refractivity contribution in [2.75, 3.05) is 0 Å². The molecule has 16 heavy (non-hydrogen) atoms. The molecule has 1 heterocycles. The number of benzene rings is 1. The van der Waals surface area contributed by atoms with E-state index in [9.17, 15) is 10.0 Å². The lowest BCUT2D eigenvalue weighted by atomic mass is 10.1. The molecule has 0 amide bonds. The van der Waals surface area contributed by atoms with Crippen LogP contribution in [-0.2, 0) is 0 Å². The third-order valence-corrected chi connectivity index (χ3v) is 2.38. The van der Waals surface area contributed by atoms with Gasteiger partial charge in [-0.25, -0.2) is 0 Å². The molecule has 0 bridgehead atoms. The number of rotatable bonds is 1. The molecule has 5 nitrogen and oxygen atoms in total. The fourth-order valence-corrected chi connectivity index (χ4v) is 1.61. The van der Waals surface area contributed by atoms with Crippen LogP contribution in [0.2, 0.25) is 0 Å². The van der Waals surface area contributed by atoms with Crippen LogP contribution >= 0.6 is 0 Å². The Kier molecular flexibility index (Phi) is 2.36. The number of hydrogen-bond acceptors (Lipinski definition) is 4. The molecule has 0 fully saturated rings. The Morgan fingerprint density at radius 1 is 1.38 bits per heavy atom. The number of carbonyl (C=O) groups is 1. The maximum absolute atomic E-state index is 11.3. The number of fused-ring (bicyclic) bond motifs is 1. The highest BCUT2D eigenvalue weighted by Gasteiger charge is 2.10. The summed E-state index contributed by atoms with van der Waals surface area (Å²) in [6.07, 6.45) is 0. The van der Waals surface area contributed by atoms with E-state index in [-0.39, 0.29) is 16.8 Å². The van der Waals surface area contributed by atoms with E-state index in [4.69, 9.17) is 5.21 Å². The van der Waals surface area contributed by atoms with Crippen molar-refractivity contribution >= 4 is 16.7 Å². The summed E-state index contributed by atoms with van der Waals surface area (Å²) in [7, 11) is 0. The summed E-state index contributed by atoms with van der Waals surface area (Å²) in [6, 6.07) is 8.15. The van der Waals surface area contributed by atoms with Crippen LogP contribution in [-0.4, -0.2) is 20.9 Å². The predicted molar refractivity (Wildman–Crippen MR) is 56.5 cm³/mol.